The van der Waals surface area contributed by atoms with E-state index in [1.165, 1.54) is 0 Å². The van der Waals surface area contributed by atoms with E-state index in [0.29, 0.717) is 52.2 Å². The van der Waals surface area contributed by atoms with Crippen molar-refractivity contribution in [2.75, 3.05) is 39.3 Å². The minimum absolute atomic E-state index is 0.00600. The number of amides is 3. The van der Waals surface area contributed by atoms with Gasteiger partial charge in [-0.1, -0.05) is 51.1 Å². The first-order chi connectivity index (χ1) is 13.3. The zero-order valence-electron chi connectivity index (χ0n) is 17.2. The van der Waals surface area contributed by atoms with Crippen LogP contribution < -0.4 is 10.6 Å². The molecular weight excluding hydrogens is 356 g/mol. The van der Waals surface area contributed by atoms with E-state index in [2.05, 4.69) is 15.5 Å². The Balaban J connectivity index is 1.63. The summed E-state index contributed by atoms with van der Waals surface area (Å²) >= 11 is 0. The van der Waals surface area contributed by atoms with E-state index >= 15 is 0 Å². The van der Waals surface area contributed by atoms with Crippen LogP contribution in [-0.4, -0.2) is 66.8 Å². The van der Waals surface area contributed by atoms with E-state index in [0.717, 1.165) is 5.56 Å². The Hall–Kier alpha value is -2.41. The molecule has 0 radical (unpaired) electrons. The molecule has 3 amide bonds. The van der Waals surface area contributed by atoms with E-state index in [9.17, 15) is 14.4 Å². The third kappa shape index (κ3) is 7.31. The average Bonchev–Trinajstić information content (AvgIpc) is 2.67. The fourth-order valence-electron chi connectivity index (χ4n) is 2.92. The summed E-state index contributed by atoms with van der Waals surface area (Å²) in [7, 11) is 0. The van der Waals surface area contributed by atoms with Gasteiger partial charge in [0.2, 0.25) is 17.7 Å². The Bertz CT molecular complexity index is 662. The molecule has 0 bridgehead atoms. The summed E-state index contributed by atoms with van der Waals surface area (Å²) in [6.45, 7) is 9.35. The highest BCUT2D eigenvalue weighted by molar-refractivity contribution is 5.82. The van der Waals surface area contributed by atoms with Crippen LogP contribution in [0.15, 0.2) is 30.3 Å². The maximum atomic E-state index is 12.3. The summed E-state index contributed by atoms with van der Waals surface area (Å²) in [5, 5.41) is 5.73. The van der Waals surface area contributed by atoms with Gasteiger partial charge in [-0.2, -0.15) is 0 Å². The fourth-order valence-corrected chi connectivity index (χ4v) is 2.92. The number of nitrogens with zero attached hydrogens (tertiary/aromatic N) is 2. The van der Waals surface area contributed by atoms with Crippen molar-refractivity contribution < 1.29 is 14.4 Å². The van der Waals surface area contributed by atoms with Crippen LogP contribution in [0.25, 0.3) is 0 Å². The Morgan fingerprint density at radius 1 is 0.964 bits per heavy atom. The first kappa shape index (κ1) is 21.9. The first-order valence-corrected chi connectivity index (χ1v) is 9.85. The van der Waals surface area contributed by atoms with Crippen LogP contribution in [0, 0.1) is 5.41 Å². The lowest BCUT2D eigenvalue weighted by molar-refractivity contribution is -0.133. The van der Waals surface area contributed by atoms with Crippen molar-refractivity contribution in [3.63, 3.8) is 0 Å². The molecule has 0 aromatic heterocycles. The molecule has 1 aliphatic rings. The zero-order chi connectivity index (χ0) is 20.6. The van der Waals surface area contributed by atoms with Gasteiger partial charge in [0.05, 0.1) is 6.54 Å². The lowest BCUT2D eigenvalue weighted by Crippen LogP contribution is -2.51. The van der Waals surface area contributed by atoms with Gasteiger partial charge >= 0.3 is 0 Å². The molecule has 1 aliphatic heterocycles. The summed E-state index contributed by atoms with van der Waals surface area (Å²) in [5.74, 6) is -0.0115. The molecule has 0 spiro atoms. The highest BCUT2D eigenvalue weighted by atomic mass is 16.2. The molecule has 0 saturated carbocycles. The minimum atomic E-state index is -0.449. The number of piperazine rings is 1. The van der Waals surface area contributed by atoms with Gasteiger partial charge < -0.3 is 15.5 Å². The van der Waals surface area contributed by atoms with Crippen LogP contribution in [-0.2, 0) is 20.9 Å². The van der Waals surface area contributed by atoms with Gasteiger partial charge in [0.15, 0.2) is 0 Å². The van der Waals surface area contributed by atoms with Gasteiger partial charge in [0.1, 0.15) is 0 Å². The monoisotopic (exact) mass is 388 g/mol. The molecule has 7 heteroatoms. The molecule has 0 unspecified atom stereocenters. The van der Waals surface area contributed by atoms with Crippen molar-refractivity contribution in [2.45, 2.75) is 33.7 Å². The second-order valence-corrected chi connectivity index (χ2v) is 8.18. The molecule has 1 heterocycles. The second kappa shape index (κ2) is 10.2. The molecule has 1 saturated heterocycles. The molecule has 2 N–H and O–H groups in total. The van der Waals surface area contributed by atoms with Crippen LogP contribution in [0.3, 0.4) is 0 Å². The summed E-state index contributed by atoms with van der Waals surface area (Å²) in [6, 6.07) is 9.81. The quantitative estimate of drug-likeness (QED) is 0.730. The predicted molar refractivity (Wildman–Crippen MR) is 108 cm³/mol. The van der Waals surface area contributed by atoms with Gasteiger partial charge in [-0.15, -0.1) is 0 Å². The molecule has 1 aromatic rings. The third-order valence-corrected chi connectivity index (χ3v) is 4.73. The molecule has 1 fully saturated rings. The lowest BCUT2D eigenvalue weighted by atomic mass is 9.96. The Morgan fingerprint density at radius 2 is 1.61 bits per heavy atom. The van der Waals surface area contributed by atoms with Gasteiger partial charge in [-0.05, 0) is 5.56 Å². The zero-order valence-corrected chi connectivity index (χ0v) is 17.2. The molecule has 2 rings (SSSR count). The molecular formula is C21H32N4O3. The van der Waals surface area contributed by atoms with Gasteiger partial charge in [0, 0.05) is 51.1 Å². The van der Waals surface area contributed by atoms with Crippen molar-refractivity contribution in [3.05, 3.63) is 35.9 Å². The molecule has 28 heavy (non-hydrogen) atoms. The maximum Gasteiger partial charge on any atom is 0.234 e. The number of hydrogen-bond acceptors (Lipinski definition) is 4. The van der Waals surface area contributed by atoms with Crippen LogP contribution >= 0.6 is 0 Å². The highest BCUT2D eigenvalue weighted by Gasteiger charge is 2.24. The van der Waals surface area contributed by atoms with Crippen molar-refractivity contribution >= 4 is 17.7 Å². The van der Waals surface area contributed by atoms with Crippen LogP contribution in [0.2, 0.25) is 0 Å². The highest BCUT2D eigenvalue weighted by Crippen LogP contribution is 2.12. The van der Waals surface area contributed by atoms with Crippen molar-refractivity contribution in [1.82, 2.24) is 20.4 Å². The van der Waals surface area contributed by atoms with E-state index < -0.39 is 5.41 Å². The topological polar surface area (TPSA) is 81.8 Å². The van der Waals surface area contributed by atoms with Crippen LogP contribution in [0.5, 0.6) is 0 Å². The Labute approximate surface area is 167 Å². The van der Waals surface area contributed by atoms with E-state index in [1.54, 1.807) is 0 Å². The lowest BCUT2D eigenvalue weighted by Gasteiger charge is -2.34. The van der Waals surface area contributed by atoms with Crippen molar-refractivity contribution in [1.29, 1.82) is 0 Å². The van der Waals surface area contributed by atoms with Gasteiger partial charge in [0.25, 0.3) is 0 Å². The molecule has 0 atom stereocenters. The molecule has 1 aromatic carbocycles. The van der Waals surface area contributed by atoms with Gasteiger partial charge in [-0.25, -0.2) is 0 Å². The van der Waals surface area contributed by atoms with Gasteiger partial charge in [-0.3, -0.25) is 19.3 Å². The fraction of sp³-hybridized carbons (Fsp3) is 0.571. The summed E-state index contributed by atoms with van der Waals surface area (Å²) < 4.78 is 0. The third-order valence-electron chi connectivity index (χ3n) is 4.73. The Kier molecular flexibility index (Phi) is 7.99. The number of carbonyl (C=O) groups excluding carboxylic acids is 3. The number of rotatable bonds is 7. The largest absolute Gasteiger partial charge is 0.355 e. The number of nitrogens with one attached hydrogen (secondary N) is 2. The standard InChI is InChI=1S/C21H32N4O3/c1-21(2,3)20(28)22-10-9-19(27)25-13-11-24(12-14-25)16-18(26)23-15-17-7-5-4-6-8-17/h4-8H,9-16H2,1-3H3,(H,22,28)(H,23,26). The molecule has 7 nitrogen and oxygen atoms in total. The molecule has 154 valence electrons. The number of benzene rings is 1. The normalized spacial score (nSPS) is 15.2. The Morgan fingerprint density at radius 3 is 2.21 bits per heavy atom. The van der Waals surface area contributed by atoms with Crippen molar-refractivity contribution in [2.24, 2.45) is 5.41 Å². The first-order valence-electron chi connectivity index (χ1n) is 9.85. The minimum Gasteiger partial charge on any atom is -0.355 e. The molecule has 0 aliphatic carbocycles. The smallest absolute Gasteiger partial charge is 0.234 e. The average molecular weight is 389 g/mol. The predicted octanol–water partition coefficient (Wildman–Crippen LogP) is 0.999. The van der Waals surface area contributed by atoms with E-state index in [4.69, 9.17) is 0 Å². The summed E-state index contributed by atoms with van der Waals surface area (Å²) in [5.41, 5.74) is 0.625. The van der Waals surface area contributed by atoms with Crippen molar-refractivity contribution in [3.8, 4) is 0 Å². The second-order valence-electron chi connectivity index (χ2n) is 8.18. The van der Waals surface area contributed by atoms with E-state index in [-0.39, 0.29) is 17.7 Å². The SMILES string of the molecule is CC(C)(C)C(=O)NCCC(=O)N1CCN(CC(=O)NCc2ccccc2)CC1. The summed E-state index contributed by atoms with van der Waals surface area (Å²) in [6.07, 6.45) is 0.305. The van der Waals surface area contributed by atoms with E-state index in [1.807, 2.05) is 56.0 Å². The number of hydrogen-bond donors (Lipinski definition) is 2. The summed E-state index contributed by atoms with van der Waals surface area (Å²) in [4.78, 5) is 40.1. The van der Waals surface area contributed by atoms with Crippen LogP contribution in [0.4, 0.5) is 0 Å². The maximum absolute atomic E-state index is 12.3. The van der Waals surface area contributed by atoms with Crippen LogP contribution in [0.1, 0.15) is 32.8 Å². The number of carbonyl (C=O) groups is 3.